The number of nitrogens with one attached hydrogen (secondary N) is 4. The van der Waals surface area contributed by atoms with Gasteiger partial charge in [-0.15, -0.1) is 0 Å². The molecule has 252 valence electrons. The summed E-state index contributed by atoms with van der Waals surface area (Å²) in [6, 6.07) is 30.8. The fraction of sp³-hybridized carbons (Fsp3) is 0.237. The molecule has 1 aromatic heterocycles. The number of hydroxylamine groups is 1. The Morgan fingerprint density at radius 2 is 1.45 bits per heavy atom. The molecule has 0 saturated carbocycles. The number of H-pyrrole nitrogens is 1. The zero-order chi connectivity index (χ0) is 34.6. The van der Waals surface area contributed by atoms with Gasteiger partial charge in [0.15, 0.2) is 0 Å². The largest absolute Gasteiger partial charge is 0.361 e. The molecule has 0 unspecified atom stereocenters. The summed E-state index contributed by atoms with van der Waals surface area (Å²) < 4.78 is 0. The molecule has 49 heavy (non-hydrogen) atoms. The molecule has 5 aromatic rings. The van der Waals surface area contributed by atoms with E-state index in [0.29, 0.717) is 32.2 Å². The number of para-hydroxylation sites is 1. The van der Waals surface area contributed by atoms with Gasteiger partial charge >= 0.3 is 0 Å². The molecule has 0 aliphatic carbocycles. The Morgan fingerprint density at radius 1 is 0.796 bits per heavy atom. The van der Waals surface area contributed by atoms with E-state index in [1.807, 2.05) is 85.1 Å². The van der Waals surface area contributed by atoms with Crippen molar-refractivity contribution in [2.45, 2.75) is 44.6 Å². The van der Waals surface area contributed by atoms with Gasteiger partial charge in [-0.1, -0.05) is 72.8 Å². The maximum absolute atomic E-state index is 13.7. The van der Waals surface area contributed by atoms with Gasteiger partial charge in [-0.25, -0.2) is 5.48 Å². The molecule has 4 aromatic carbocycles. The maximum Gasteiger partial charge on any atom is 0.269 e. The van der Waals surface area contributed by atoms with Gasteiger partial charge in [0, 0.05) is 54.5 Å². The van der Waals surface area contributed by atoms with Crippen molar-refractivity contribution in [3.05, 3.63) is 136 Å². The number of rotatable bonds is 16. The Balaban J connectivity index is 1.24. The van der Waals surface area contributed by atoms with Crippen molar-refractivity contribution < 1.29 is 24.5 Å². The van der Waals surface area contributed by atoms with Crippen molar-refractivity contribution in [2.75, 3.05) is 6.54 Å². The number of nitro groups is 1. The number of hydrogen-bond acceptors (Lipinski definition) is 6. The van der Waals surface area contributed by atoms with E-state index >= 15 is 0 Å². The summed E-state index contributed by atoms with van der Waals surface area (Å²) in [6.45, 7) is 0.391. The summed E-state index contributed by atoms with van der Waals surface area (Å²) >= 11 is 0. The predicted octanol–water partition coefficient (Wildman–Crippen LogP) is 5.66. The maximum atomic E-state index is 13.7. The molecule has 11 heteroatoms. The zero-order valence-electron chi connectivity index (χ0n) is 26.9. The van der Waals surface area contributed by atoms with E-state index in [2.05, 4.69) is 15.6 Å². The van der Waals surface area contributed by atoms with Gasteiger partial charge in [0.1, 0.15) is 6.04 Å². The van der Waals surface area contributed by atoms with Crippen LogP contribution in [0.1, 0.15) is 36.0 Å². The van der Waals surface area contributed by atoms with E-state index in [-0.39, 0.29) is 24.4 Å². The van der Waals surface area contributed by atoms with Crippen molar-refractivity contribution in [1.82, 2.24) is 21.1 Å². The Kier molecular flexibility index (Phi) is 11.9. The number of hydrogen-bond donors (Lipinski definition) is 5. The van der Waals surface area contributed by atoms with Crippen LogP contribution in [0.5, 0.6) is 0 Å². The van der Waals surface area contributed by atoms with Gasteiger partial charge in [0.05, 0.1) is 4.92 Å². The fourth-order valence-corrected chi connectivity index (χ4v) is 5.90. The summed E-state index contributed by atoms with van der Waals surface area (Å²) in [5, 5.41) is 27.0. The van der Waals surface area contributed by atoms with Crippen LogP contribution in [0.15, 0.2) is 109 Å². The summed E-state index contributed by atoms with van der Waals surface area (Å²) in [7, 11) is 0. The first-order valence-electron chi connectivity index (χ1n) is 16.2. The molecular weight excluding hydrogens is 622 g/mol. The summed E-state index contributed by atoms with van der Waals surface area (Å²) in [4.78, 5) is 53.2. The molecule has 1 heterocycles. The molecule has 3 amide bonds. The van der Waals surface area contributed by atoms with Crippen LogP contribution in [0, 0.1) is 16.0 Å². The van der Waals surface area contributed by atoms with E-state index in [9.17, 15) is 29.7 Å². The standard InChI is InChI=1S/C38H39N5O6/c44-36(42-47)24-30(10-6-9-27-13-15-28(16-14-27)29-17-19-32(20-18-29)43(48)49)37(45)41-35(23-31-25-40-34-12-5-4-11-33(31)34)38(46)39-22-21-26-7-2-1-3-8-26/h1-5,7-8,11-20,25,30,35,40,47H,6,9-10,21-24H2,(H,39,46)(H,41,45)(H,42,44)/t30-,35+/m1/s1. The molecule has 5 N–H and O–H groups in total. The molecule has 0 radical (unpaired) electrons. The van der Waals surface area contributed by atoms with Crippen LogP contribution in [0.25, 0.3) is 22.0 Å². The third kappa shape index (κ3) is 9.61. The first kappa shape index (κ1) is 34.5. The number of carbonyl (C=O) groups excluding carboxylic acids is 3. The van der Waals surface area contributed by atoms with Gasteiger partial charge in [-0.2, -0.15) is 0 Å². The van der Waals surface area contributed by atoms with Crippen molar-refractivity contribution >= 4 is 34.3 Å². The molecule has 5 rings (SSSR count). The number of benzene rings is 4. The Labute approximate surface area is 283 Å². The topological polar surface area (TPSA) is 166 Å². The van der Waals surface area contributed by atoms with E-state index < -0.39 is 28.7 Å². The molecule has 0 aliphatic rings. The highest BCUT2D eigenvalue weighted by atomic mass is 16.6. The second-order valence-corrected chi connectivity index (χ2v) is 12.0. The number of nitro benzene ring substituents is 1. The van der Waals surface area contributed by atoms with Crippen molar-refractivity contribution in [3.8, 4) is 11.1 Å². The molecule has 0 fully saturated rings. The molecule has 0 bridgehead atoms. The Bertz CT molecular complexity index is 1870. The quantitative estimate of drug-likeness (QED) is 0.0520. The highest BCUT2D eigenvalue weighted by Crippen LogP contribution is 2.24. The van der Waals surface area contributed by atoms with Gasteiger partial charge in [0.25, 0.3) is 5.69 Å². The van der Waals surface area contributed by atoms with Gasteiger partial charge < -0.3 is 15.6 Å². The number of aromatic amines is 1. The molecule has 11 nitrogen and oxygen atoms in total. The average Bonchev–Trinajstić information content (AvgIpc) is 3.54. The molecule has 0 spiro atoms. The van der Waals surface area contributed by atoms with Gasteiger partial charge in [-0.05, 0) is 71.7 Å². The van der Waals surface area contributed by atoms with Crippen LogP contribution < -0.4 is 16.1 Å². The fourth-order valence-electron chi connectivity index (χ4n) is 5.90. The predicted molar refractivity (Wildman–Crippen MR) is 187 cm³/mol. The van der Waals surface area contributed by atoms with Crippen LogP contribution in [-0.4, -0.2) is 45.4 Å². The smallest absolute Gasteiger partial charge is 0.269 e. The van der Waals surface area contributed by atoms with E-state index in [1.165, 1.54) is 12.1 Å². The number of aromatic nitrogens is 1. The van der Waals surface area contributed by atoms with Gasteiger partial charge in [-0.3, -0.25) is 29.7 Å². The minimum absolute atomic E-state index is 0.0295. The first-order chi connectivity index (χ1) is 23.8. The van der Waals surface area contributed by atoms with E-state index in [1.54, 1.807) is 17.6 Å². The van der Waals surface area contributed by atoms with Crippen LogP contribution >= 0.6 is 0 Å². The Hall–Kier alpha value is -5.81. The minimum Gasteiger partial charge on any atom is -0.361 e. The highest BCUT2D eigenvalue weighted by Gasteiger charge is 2.28. The van der Waals surface area contributed by atoms with Crippen molar-refractivity contribution in [1.29, 1.82) is 0 Å². The molecule has 0 saturated heterocycles. The summed E-state index contributed by atoms with van der Waals surface area (Å²) in [5.74, 6) is -2.24. The number of aryl methyl sites for hydroxylation is 1. The second-order valence-electron chi connectivity index (χ2n) is 12.0. The first-order valence-corrected chi connectivity index (χ1v) is 16.2. The Morgan fingerprint density at radius 3 is 2.14 bits per heavy atom. The van der Waals surface area contributed by atoms with Crippen molar-refractivity contribution in [3.63, 3.8) is 0 Å². The molecular formula is C38H39N5O6. The lowest BCUT2D eigenvalue weighted by atomic mass is 9.94. The van der Waals surface area contributed by atoms with Crippen LogP contribution in [0.3, 0.4) is 0 Å². The SMILES string of the molecule is O=C(C[C@@H](CCCc1ccc(-c2ccc([N+](=O)[O-])cc2)cc1)C(=O)N[C@@H](Cc1c[nH]c2ccccc12)C(=O)NCCc1ccccc1)NO. The van der Waals surface area contributed by atoms with E-state index in [4.69, 9.17) is 0 Å². The highest BCUT2D eigenvalue weighted by molar-refractivity contribution is 5.91. The number of nitrogens with zero attached hydrogens (tertiary/aromatic N) is 1. The lowest BCUT2D eigenvalue weighted by Gasteiger charge is -2.22. The molecule has 0 aliphatic heterocycles. The van der Waals surface area contributed by atoms with E-state index in [0.717, 1.165) is 38.7 Å². The number of non-ortho nitro benzene ring substituents is 1. The second kappa shape index (κ2) is 16.8. The van der Waals surface area contributed by atoms with Crippen LogP contribution in [0.4, 0.5) is 5.69 Å². The third-order valence-corrected chi connectivity index (χ3v) is 8.60. The third-order valence-electron chi connectivity index (χ3n) is 8.60. The number of carbonyl (C=O) groups is 3. The van der Waals surface area contributed by atoms with Crippen LogP contribution in [-0.2, 0) is 33.6 Å². The number of fused-ring (bicyclic) bond motifs is 1. The normalized spacial score (nSPS) is 12.2. The number of amides is 3. The zero-order valence-corrected chi connectivity index (χ0v) is 26.9. The van der Waals surface area contributed by atoms with Crippen LogP contribution in [0.2, 0.25) is 0 Å². The lowest BCUT2D eigenvalue weighted by molar-refractivity contribution is -0.384. The lowest BCUT2D eigenvalue weighted by Crippen LogP contribution is -2.50. The molecule has 2 atom stereocenters. The minimum atomic E-state index is -0.894. The summed E-state index contributed by atoms with van der Waals surface area (Å²) in [6.07, 6.45) is 4.02. The summed E-state index contributed by atoms with van der Waals surface area (Å²) in [5.41, 5.74) is 7.32. The van der Waals surface area contributed by atoms with Gasteiger partial charge in [0.2, 0.25) is 17.7 Å². The van der Waals surface area contributed by atoms with Crippen molar-refractivity contribution in [2.24, 2.45) is 5.92 Å². The average molecular weight is 662 g/mol. The monoisotopic (exact) mass is 661 g/mol.